The van der Waals surface area contributed by atoms with E-state index in [0.29, 0.717) is 12.2 Å². The molecular weight excluding hydrogens is 452 g/mol. The van der Waals surface area contributed by atoms with Crippen LogP contribution < -0.4 is 9.21 Å². The van der Waals surface area contributed by atoms with E-state index in [1.54, 1.807) is 43.0 Å². The van der Waals surface area contributed by atoms with Crippen molar-refractivity contribution in [2.45, 2.75) is 31.3 Å². The first kappa shape index (κ1) is 23.5. The van der Waals surface area contributed by atoms with Gasteiger partial charge in [-0.05, 0) is 68.3 Å². The number of esters is 1. The molecule has 1 heterocycles. The number of nitrogens with zero attached hydrogens (tertiary/aromatic N) is 2. The van der Waals surface area contributed by atoms with E-state index in [2.05, 4.69) is 0 Å². The molecule has 3 aromatic carbocycles. The van der Waals surface area contributed by atoms with Crippen LogP contribution in [-0.2, 0) is 26.0 Å². The van der Waals surface area contributed by atoms with Crippen molar-refractivity contribution in [2.75, 3.05) is 22.3 Å². The molecule has 1 aliphatic rings. The summed E-state index contributed by atoms with van der Waals surface area (Å²) >= 11 is 0. The van der Waals surface area contributed by atoms with Gasteiger partial charge in [0.2, 0.25) is 0 Å². The summed E-state index contributed by atoms with van der Waals surface area (Å²) in [4.78, 5) is 27.2. The summed E-state index contributed by atoms with van der Waals surface area (Å²) in [5, 5.41) is 0. The normalized spacial score (nSPS) is 13.8. The largest absolute Gasteiger partial charge is 0.449 e. The van der Waals surface area contributed by atoms with Crippen molar-refractivity contribution in [3.8, 4) is 0 Å². The second-order valence-corrected chi connectivity index (χ2v) is 9.81. The minimum Gasteiger partial charge on any atom is -0.449 e. The van der Waals surface area contributed by atoms with E-state index in [4.69, 9.17) is 4.74 Å². The molecule has 0 aliphatic carbocycles. The minimum absolute atomic E-state index is 0.0625. The smallest absolute Gasteiger partial charge is 0.338 e. The Balaban J connectivity index is 1.45. The average molecular weight is 479 g/mol. The minimum atomic E-state index is -3.80. The monoisotopic (exact) mass is 478 g/mol. The van der Waals surface area contributed by atoms with E-state index in [1.807, 2.05) is 30.3 Å². The van der Waals surface area contributed by atoms with E-state index >= 15 is 0 Å². The summed E-state index contributed by atoms with van der Waals surface area (Å²) in [6.45, 7) is 4.10. The fourth-order valence-corrected chi connectivity index (χ4v) is 5.52. The maximum absolute atomic E-state index is 13.1. The van der Waals surface area contributed by atoms with E-state index in [-0.39, 0.29) is 22.9 Å². The Morgan fingerprint density at radius 3 is 2.29 bits per heavy atom. The molecule has 0 aromatic heterocycles. The number of hydrogen-bond acceptors (Lipinski definition) is 5. The van der Waals surface area contributed by atoms with Crippen LogP contribution in [0.2, 0.25) is 0 Å². The van der Waals surface area contributed by atoms with Crippen LogP contribution in [0, 0.1) is 0 Å². The lowest BCUT2D eigenvalue weighted by atomic mass is 10.2. The third-order valence-corrected chi connectivity index (χ3v) is 7.71. The lowest BCUT2D eigenvalue weighted by Gasteiger charge is -2.23. The van der Waals surface area contributed by atoms with E-state index in [1.165, 1.54) is 28.6 Å². The molecule has 8 heteroatoms. The Hall–Kier alpha value is -3.65. The SMILES string of the molecule is CCN(c1ccccc1)S(=O)(=O)c1ccc(C(=O)O[C@H](C)C(=O)N2CCc3ccccc32)cc1. The second kappa shape index (κ2) is 9.69. The fraction of sp³-hybridized carbons (Fsp3) is 0.231. The molecule has 0 bridgehead atoms. The number of ether oxygens (including phenoxy) is 1. The third kappa shape index (κ3) is 4.54. The van der Waals surface area contributed by atoms with Gasteiger partial charge in [-0.25, -0.2) is 13.2 Å². The Bertz CT molecular complexity index is 1290. The Morgan fingerprint density at radius 2 is 1.62 bits per heavy atom. The van der Waals surface area contributed by atoms with Crippen LogP contribution in [0.5, 0.6) is 0 Å². The van der Waals surface area contributed by atoms with Crippen LogP contribution in [0.3, 0.4) is 0 Å². The number of sulfonamides is 1. The highest BCUT2D eigenvalue weighted by Crippen LogP contribution is 2.28. The van der Waals surface area contributed by atoms with Gasteiger partial charge < -0.3 is 9.64 Å². The van der Waals surface area contributed by atoms with Crippen molar-refractivity contribution in [3.63, 3.8) is 0 Å². The molecule has 1 aliphatic heterocycles. The summed E-state index contributed by atoms with van der Waals surface area (Å²) in [7, 11) is -3.80. The van der Waals surface area contributed by atoms with E-state index < -0.39 is 22.1 Å². The number of hydrogen-bond donors (Lipinski definition) is 0. The molecule has 1 atom stereocenters. The summed E-state index contributed by atoms with van der Waals surface area (Å²) in [6, 6.07) is 22.0. The molecule has 4 rings (SSSR count). The Kier molecular flexibility index (Phi) is 6.70. The van der Waals surface area contributed by atoms with Gasteiger partial charge in [0.1, 0.15) is 0 Å². The number of carbonyl (C=O) groups is 2. The molecule has 0 saturated carbocycles. The Morgan fingerprint density at radius 1 is 0.971 bits per heavy atom. The van der Waals surface area contributed by atoms with Crippen LogP contribution >= 0.6 is 0 Å². The average Bonchev–Trinajstić information content (AvgIpc) is 3.28. The number of rotatable bonds is 7. The van der Waals surface area contributed by atoms with Crippen molar-refractivity contribution in [3.05, 3.63) is 90.0 Å². The molecule has 0 radical (unpaired) electrons. The van der Waals surface area contributed by atoms with Gasteiger partial charge in [0, 0.05) is 18.8 Å². The van der Waals surface area contributed by atoms with Crippen LogP contribution in [0.25, 0.3) is 0 Å². The van der Waals surface area contributed by atoms with E-state index in [0.717, 1.165) is 17.7 Å². The van der Waals surface area contributed by atoms with Crippen LogP contribution in [-0.4, -0.2) is 39.5 Å². The highest BCUT2D eigenvalue weighted by atomic mass is 32.2. The van der Waals surface area contributed by atoms with Crippen molar-refractivity contribution in [2.24, 2.45) is 0 Å². The quantitative estimate of drug-likeness (QED) is 0.479. The third-order valence-electron chi connectivity index (χ3n) is 5.79. The van der Waals surface area contributed by atoms with Gasteiger partial charge in [0.15, 0.2) is 6.10 Å². The number of fused-ring (bicyclic) bond motifs is 1. The molecule has 0 unspecified atom stereocenters. The zero-order chi connectivity index (χ0) is 24.3. The first-order valence-electron chi connectivity index (χ1n) is 11.1. The van der Waals surface area contributed by atoms with Crippen LogP contribution in [0.4, 0.5) is 11.4 Å². The first-order chi connectivity index (χ1) is 16.3. The molecule has 3 aromatic rings. The number of benzene rings is 3. The fourth-order valence-electron chi connectivity index (χ4n) is 4.04. The molecule has 0 fully saturated rings. The van der Waals surface area contributed by atoms with Gasteiger partial charge in [0.05, 0.1) is 16.1 Å². The molecule has 0 N–H and O–H groups in total. The molecule has 0 spiro atoms. The highest BCUT2D eigenvalue weighted by molar-refractivity contribution is 7.92. The second-order valence-electron chi connectivity index (χ2n) is 7.95. The zero-order valence-electron chi connectivity index (χ0n) is 19.0. The van der Waals surface area contributed by atoms with Gasteiger partial charge in [-0.15, -0.1) is 0 Å². The van der Waals surface area contributed by atoms with Crippen LogP contribution in [0.15, 0.2) is 83.8 Å². The van der Waals surface area contributed by atoms with Gasteiger partial charge >= 0.3 is 5.97 Å². The summed E-state index contributed by atoms with van der Waals surface area (Å²) < 4.78 is 32.9. The Labute approximate surface area is 199 Å². The molecule has 176 valence electrons. The van der Waals surface area contributed by atoms with Gasteiger partial charge in [-0.1, -0.05) is 36.4 Å². The molecule has 1 amide bonds. The van der Waals surface area contributed by atoms with E-state index in [9.17, 15) is 18.0 Å². The van der Waals surface area contributed by atoms with Crippen molar-refractivity contribution in [1.29, 1.82) is 0 Å². The van der Waals surface area contributed by atoms with Gasteiger partial charge in [0.25, 0.3) is 15.9 Å². The topological polar surface area (TPSA) is 84.0 Å². The molecule has 0 saturated heterocycles. The number of para-hydroxylation sites is 2. The maximum Gasteiger partial charge on any atom is 0.338 e. The van der Waals surface area contributed by atoms with Crippen LogP contribution in [0.1, 0.15) is 29.8 Å². The molecular formula is C26H26N2O5S. The lowest BCUT2D eigenvalue weighted by Crippen LogP contribution is -2.39. The molecule has 7 nitrogen and oxygen atoms in total. The van der Waals surface area contributed by atoms with Crippen molar-refractivity contribution >= 4 is 33.3 Å². The summed E-state index contributed by atoms with van der Waals surface area (Å²) in [6.07, 6.45) is -0.216. The first-order valence-corrected chi connectivity index (χ1v) is 12.5. The number of carbonyl (C=O) groups excluding carboxylic acids is 2. The van der Waals surface area contributed by atoms with Crippen molar-refractivity contribution < 1.29 is 22.7 Å². The maximum atomic E-state index is 13.1. The van der Waals surface area contributed by atoms with Crippen molar-refractivity contribution in [1.82, 2.24) is 0 Å². The highest BCUT2D eigenvalue weighted by Gasteiger charge is 2.30. The summed E-state index contributed by atoms with van der Waals surface area (Å²) in [5.74, 6) is -0.980. The zero-order valence-corrected chi connectivity index (χ0v) is 19.9. The summed E-state index contributed by atoms with van der Waals surface area (Å²) in [5.41, 5.74) is 2.65. The lowest BCUT2D eigenvalue weighted by molar-refractivity contribution is -0.126. The predicted molar refractivity (Wildman–Crippen MR) is 130 cm³/mol. The van der Waals surface area contributed by atoms with Gasteiger partial charge in [-0.2, -0.15) is 0 Å². The predicted octanol–water partition coefficient (Wildman–Crippen LogP) is 4.04. The molecule has 34 heavy (non-hydrogen) atoms. The van der Waals surface area contributed by atoms with Gasteiger partial charge in [-0.3, -0.25) is 9.10 Å². The number of anilines is 2. The number of amides is 1. The standard InChI is InChI=1S/C26H26N2O5S/c1-3-28(22-10-5-4-6-11-22)34(31,32)23-15-13-21(14-16-23)26(30)33-19(2)25(29)27-18-17-20-9-7-8-12-24(20)27/h4-16,19H,3,17-18H2,1-2H3/t19-/m1/s1.